The van der Waals surface area contributed by atoms with Crippen LogP contribution in [-0.4, -0.2) is 13.1 Å². The van der Waals surface area contributed by atoms with Crippen molar-refractivity contribution in [3.63, 3.8) is 0 Å². The van der Waals surface area contributed by atoms with Crippen molar-refractivity contribution in [2.75, 3.05) is 13.1 Å². The zero-order valence-electron chi connectivity index (χ0n) is 9.49. The van der Waals surface area contributed by atoms with E-state index in [9.17, 15) is 8.78 Å². The van der Waals surface area contributed by atoms with Gasteiger partial charge in [-0.3, -0.25) is 0 Å². The molecule has 1 rings (SSSR count). The molecule has 0 spiro atoms. The van der Waals surface area contributed by atoms with E-state index >= 15 is 0 Å². The zero-order chi connectivity index (χ0) is 12.2. The smallest absolute Gasteiger partial charge is 0.270 e. The summed E-state index contributed by atoms with van der Waals surface area (Å²) in [6.45, 7) is 4.64. The van der Waals surface area contributed by atoms with Gasteiger partial charge in [0.05, 0.1) is 0 Å². The molecule has 0 bridgehead atoms. The van der Waals surface area contributed by atoms with E-state index in [0.717, 1.165) is 32.0 Å². The Kier molecular flexibility index (Phi) is 4.87. The summed E-state index contributed by atoms with van der Waals surface area (Å²) in [7, 11) is 0. The van der Waals surface area contributed by atoms with Crippen LogP contribution < -0.4 is 5.32 Å². The fourth-order valence-corrected chi connectivity index (χ4v) is 2.00. The minimum Gasteiger partial charge on any atom is -0.317 e. The lowest BCUT2D eigenvalue weighted by molar-refractivity contribution is 0.0173. The second-order valence-corrected chi connectivity index (χ2v) is 4.76. The predicted octanol–water partition coefficient (Wildman–Crippen LogP) is 3.71. The van der Waals surface area contributed by atoms with Gasteiger partial charge in [0.2, 0.25) is 0 Å². The molecule has 0 saturated heterocycles. The van der Waals surface area contributed by atoms with Crippen LogP contribution in [0.4, 0.5) is 8.78 Å². The van der Waals surface area contributed by atoms with Crippen LogP contribution >= 0.6 is 15.9 Å². The summed E-state index contributed by atoms with van der Waals surface area (Å²) in [6, 6.07) is 4.92. The molecule has 0 saturated carbocycles. The summed E-state index contributed by atoms with van der Waals surface area (Å²) in [5.74, 6) is -2.78. The highest BCUT2D eigenvalue weighted by Crippen LogP contribution is 2.30. The van der Waals surface area contributed by atoms with Crippen molar-refractivity contribution in [3.8, 4) is 0 Å². The molecule has 0 amide bonds. The summed E-state index contributed by atoms with van der Waals surface area (Å²) >= 11 is 3.26. The van der Waals surface area contributed by atoms with Gasteiger partial charge >= 0.3 is 0 Å². The van der Waals surface area contributed by atoms with Gasteiger partial charge in [-0.05, 0) is 43.3 Å². The number of benzene rings is 1. The number of halogens is 3. The van der Waals surface area contributed by atoms with E-state index in [1.807, 2.05) is 13.0 Å². The third-order valence-electron chi connectivity index (χ3n) is 2.30. The molecule has 1 aromatic carbocycles. The Hall–Kier alpha value is -0.480. The number of hydrogen-bond donors (Lipinski definition) is 1. The van der Waals surface area contributed by atoms with Crippen LogP contribution in [0.15, 0.2) is 22.7 Å². The second kappa shape index (κ2) is 5.73. The van der Waals surface area contributed by atoms with E-state index in [1.165, 1.54) is 6.07 Å². The first-order chi connectivity index (χ1) is 7.43. The Balaban J connectivity index is 2.82. The molecule has 0 heterocycles. The highest BCUT2D eigenvalue weighted by atomic mass is 79.9. The fourth-order valence-electron chi connectivity index (χ4n) is 1.46. The van der Waals surface area contributed by atoms with Crippen molar-refractivity contribution in [3.05, 3.63) is 33.8 Å². The molecule has 1 nitrogen and oxygen atoms in total. The maximum absolute atomic E-state index is 13.2. The summed E-state index contributed by atoms with van der Waals surface area (Å²) in [5.41, 5.74) is 0.986. The number of alkyl halides is 2. The Morgan fingerprint density at radius 2 is 2.00 bits per heavy atom. The van der Waals surface area contributed by atoms with Gasteiger partial charge in [0.1, 0.15) is 0 Å². The standard InChI is InChI=1S/C12H16BrF2N/c1-3-16-5-4-9-6-10(12(2,14)15)8-11(13)7-9/h6-8,16H,3-5H2,1-2H3. The maximum atomic E-state index is 13.2. The molecule has 16 heavy (non-hydrogen) atoms. The molecule has 4 heteroatoms. The van der Waals surface area contributed by atoms with Crippen LogP contribution in [0.5, 0.6) is 0 Å². The first kappa shape index (κ1) is 13.6. The van der Waals surface area contributed by atoms with E-state index in [0.29, 0.717) is 4.47 Å². The van der Waals surface area contributed by atoms with Gasteiger partial charge in [-0.15, -0.1) is 0 Å². The molecule has 0 aliphatic rings. The molecule has 0 atom stereocenters. The lowest BCUT2D eigenvalue weighted by Crippen LogP contribution is -2.16. The van der Waals surface area contributed by atoms with Crippen LogP contribution in [0, 0.1) is 0 Å². The van der Waals surface area contributed by atoms with Crippen LogP contribution in [0.1, 0.15) is 25.0 Å². The van der Waals surface area contributed by atoms with Gasteiger partial charge in [0.15, 0.2) is 0 Å². The van der Waals surface area contributed by atoms with Gasteiger partial charge in [0.25, 0.3) is 5.92 Å². The van der Waals surface area contributed by atoms with Crippen molar-refractivity contribution < 1.29 is 8.78 Å². The van der Waals surface area contributed by atoms with Crippen LogP contribution in [-0.2, 0) is 12.3 Å². The average molecular weight is 292 g/mol. The monoisotopic (exact) mass is 291 g/mol. The molecule has 0 aliphatic carbocycles. The Bertz CT molecular complexity index is 347. The summed E-state index contributed by atoms with van der Waals surface area (Å²) in [4.78, 5) is 0. The van der Waals surface area contributed by atoms with Crippen LogP contribution in [0.25, 0.3) is 0 Å². The first-order valence-electron chi connectivity index (χ1n) is 5.32. The number of likely N-dealkylation sites (N-methyl/N-ethyl adjacent to an activating group) is 1. The van der Waals surface area contributed by atoms with E-state index in [-0.39, 0.29) is 5.56 Å². The molecular formula is C12H16BrF2N. The van der Waals surface area contributed by atoms with Gasteiger partial charge in [0, 0.05) is 17.0 Å². The van der Waals surface area contributed by atoms with Crippen LogP contribution in [0.3, 0.4) is 0 Å². The van der Waals surface area contributed by atoms with Crippen LogP contribution in [0.2, 0.25) is 0 Å². The Morgan fingerprint density at radius 1 is 1.31 bits per heavy atom. The number of hydrogen-bond acceptors (Lipinski definition) is 1. The quantitative estimate of drug-likeness (QED) is 0.816. The molecule has 0 aromatic heterocycles. The van der Waals surface area contributed by atoms with E-state index in [1.54, 1.807) is 6.07 Å². The Morgan fingerprint density at radius 3 is 2.56 bits per heavy atom. The topological polar surface area (TPSA) is 12.0 Å². The maximum Gasteiger partial charge on any atom is 0.270 e. The Labute approximate surface area is 103 Å². The highest BCUT2D eigenvalue weighted by molar-refractivity contribution is 9.10. The molecular weight excluding hydrogens is 276 g/mol. The van der Waals surface area contributed by atoms with Crippen molar-refractivity contribution in [2.24, 2.45) is 0 Å². The third-order valence-corrected chi connectivity index (χ3v) is 2.76. The molecule has 1 N–H and O–H groups in total. The summed E-state index contributed by atoms with van der Waals surface area (Å²) in [6.07, 6.45) is 0.760. The van der Waals surface area contributed by atoms with Gasteiger partial charge in [-0.1, -0.05) is 22.9 Å². The normalized spacial score (nSPS) is 11.8. The zero-order valence-corrected chi connectivity index (χ0v) is 11.1. The van der Waals surface area contributed by atoms with E-state index in [2.05, 4.69) is 21.2 Å². The van der Waals surface area contributed by atoms with Crippen molar-refractivity contribution in [1.82, 2.24) is 5.32 Å². The lowest BCUT2D eigenvalue weighted by atomic mass is 10.0. The second-order valence-electron chi connectivity index (χ2n) is 3.84. The van der Waals surface area contributed by atoms with Gasteiger partial charge < -0.3 is 5.32 Å². The van der Waals surface area contributed by atoms with Crippen molar-refractivity contribution in [2.45, 2.75) is 26.2 Å². The summed E-state index contributed by atoms with van der Waals surface area (Å²) in [5, 5.41) is 3.17. The molecule has 0 aliphatic heterocycles. The minimum absolute atomic E-state index is 0.0633. The van der Waals surface area contributed by atoms with Gasteiger partial charge in [-0.25, -0.2) is 8.78 Å². The highest BCUT2D eigenvalue weighted by Gasteiger charge is 2.24. The molecule has 0 unspecified atom stereocenters. The molecule has 0 fully saturated rings. The largest absolute Gasteiger partial charge is 0.317 e. The molecule has 90 valence electrons. The van der Waals surface area contributed by atoms with E-state index < -0.39 is 5.92 Å². The van der Waals surface area contributed by atoms with Gasteiger partial charge in [-0.2, -0.15) is 0 Å². The number of nitrogens with one attached hydrogen (secondary N) is 1. The molecule has 0 radical (unpaired) electrons. The van der Waals surface area contributed by atoms with Crippen molar-refractivity contribution >= 4 is 15.9 Å². The lowest BCUT2D eigenvalue weighted by Gasteiger charge is -2.13. The first-order valence-corrected chi connectivity index (χ1v) is 6.11. The minimum atomic E-state index is -2.78. The summed E-state index contributed by atoms with van der Waals surface area (Å²) < 4.78 is 27.0. The van der Waals surface area contributed by atoms with Crippen molar-refractivity contribution in [1.29, 1.82) is 0 Å². The predicted molar refractivity (Wildman–Crippen MR) is 66.0 cm³/mol. The van der Waals surface area contributed by atoms with E-state index in [4.69, 9.17) is 0 Å². The average Bonchev–Trinajstić information content (AvgIpc) is 2.16. The third kappa shape index (κ3) is 4.18. The number of rotatable bonds is 5. The fraction of sp³-hybridized carbons (Fsp3) is 0.500. The molecule has 1 aromatic rings. The SMILES string of the molecule is CCNCCc1cc(Br)cc(C(C)(F)F)c1.